The first kappa shape index (κ1) is 22.8. The average Bonchev–Trinajstić information content (AvgIpc) is 2.71. The number of aryl methyl sites for hydroxylation is 1. The Kier molecular flexibility index (Phi) is 7.30. The molecule has 8 heteroatoms. The largest absolute Gasteiger partial charge is 0.444 e. The van der Waals surface area contributed by atoms with Gasteiger partial charge in [0.2, 0.25) is 5.91 Å². The fourth-order valence-electron chi connectivity index (χ4n) is 3.94. The number of nitrogens with one attached hydrogen (secondary N) is 2. The van der Waals surface area contributed by atoms with E-state index in [-0.39, 0.29) is 36.4 Å². The zero-order valence-corrected chi connectivity index (χ0v) is 18.5. The molecule has 8 nitrogen and oxygen atoms in total. The summed E-state index contributed by atoms with van der Waals surface area (Å²) < 4.78 is 6.78. The molecular formula is C23H32N4O4. The molecule has 1 aliphatic rings. The maximum Gasteiger partial charge on any atom is 0.407 e. The van der Waals surface area contributed by atoms with Gasteiger partial charge in [-0.05, 0) is 51.7 Å². The molecule has 0 radical (unpaired) electrons. The minimum absolute atomic E-state index is 0.00244. The van der Waals surface area contributed by atoms with Gasteiger partial charge in [0.1, 0.15) is 5.60 Å². The Morgan fingerprint density at radius 3 is 2.71 bits per heavy atom. The number of carbonyl (C=O) groups excluding carboxylic acids is 2. The van der Waals surface area contributed by atoms with Crippen LogP contribution in [0.1, 0.15) is 52.9 Å². The summed E-state index contributed by atoms with van der Waals surface area (Å²) in [6, 6.07) is 7.18. The lowest BCUT2D eigenvalue weighted by Crippen LogP contribution is -2.47. The number of ether oxygens (including phenoxy) is 1. The highest BCUT2D eigenvalue weighted by molar-refractivity contribution is 5.77. The quantitative estimate of drug-likeness (QED) is 0.736. The van der Waals surface area contributed by atoms with Crippen molar-refractivity contribution in [2.24, 2.45) is 5.92 Å². The minimum atomic E-state index is -0.542. The molecule has 31 heavy (non-hydrogen) atoms. The van der Waals surface area contributed by atoms with Crippen LogP contribution < -0.4 is 16.2 Å². The number of para-hydroxylation sites is 1. The summed E-state index contributed by atoms with van der Waals surface area (Å²) in [5.74, 6) is 0.0597. The number of hydrogen-bond donors (Lipinski definition) is 2. The Bertz CT molecular complexity index is 979. The monoisotopic (exact) mass is 428 g/mol. The smallest absolute Gasteiger partial charge is 0.407 e. The second-order valence-corrected chi connectivity index (χ2v) is 9.11. The summed E-state index contributed by atoms with van der Waals surface area (Å²) in [7, 11) is 0. The lowest BCUT2D eigenvalue weighted by molar-refractivity contribution is -0.122. The lowest BCUT2D eigenvalue weighted by Gasteiger charge is -2.32. The molecule has 168 valence electrons. The van der Waals surface area contributed by atoms with Crippen LogP contribution in [0.25, 0.3) is 10.9 Å². The zero-order chi connectivity index (χ0) is 22.4. The molecule has 2 aromatic rings. The fourth-order valence-corrected chi connectivity index (χ4v) is 3.94. The first-order valence-corrected chi connectivity index (χ1v) is 10.9. The van der Waals surface area contributed by atoms with Gasteiger partial charge in [-0.15, -0.1) is 0 Å². The zero-order valence-electron chi connectivity index (χ0n) is 18.5. The topological polar surface area (TPSA) is 102 Å². The van der Waals surface area contributed by atoms with Crippen molar-refractivity contribution in [3.8, 4) is 0 Å². The summed E-state index contributed by atoms with van der Waals surface area (Å²) in [6.45, 7) is 6.22. The summed E-state index contributed by atoms with van der Waals surface area (Å²) >= 11 is 0. The van der Waals surface area contributed by atoms with Crippen molar-refractivity contribution in [3.63, 3.8) is 0 Å². The van der Waals surface area contributed by atoms with E-state index in [2.05, 4.69) is 15.6 Å². The van der Waals surface area contributed by atoms with Crippen LogP contribution in [0.4, 0.5) is 4.79 Å². The van der Waals surface area contributed by atoms with E-state index < -0.39 is 11.7 Å². The SMILES string of the molecule is CC(C)(C)OC(=O)NC[C@H]1CCCC[C@@H]1NC(=O)CCn1cnc2ccccc2c1=O. The van der Waals surface area contributed by atoms with Gasteiger partial charge < -0.3 is 15.4 Å². The number of nitrogens with zero attached hydrogens (tertiary/aromatic N) is 2. The van der Waals surface area contributed by atoms with Crippen molar-refractivity contribution >= 4 is 22.9 Å². The summed E-state index contributed by atoms with van der Waals surface area (Å²) in [4.78, 5) is 41.4. The normalized spacial score (nSPS) is 19.1. The van der Waals surface area contributed by atoms with E-state index in [1.165, 1.54) is 10.9 Å². The molecule has 1 heterocycles. The van der Waals surface area contributed by atoms with Crippen LogP contribution in [0.2, 0.25) is 0 Å². The van der Waals surface area contributed by atoms with Gasteiger partial charge in [-0.3, -0.25) is 14.2 Å². The Labute approximate surface area is 182 Å². The predicted octanol–water partition coefficient (Wildman–Crippen LogP) is 2.99. The molecule has 1 aromatic carbocycles. The predicted molar refractivity (Wildman–Crippen MR) is 119 cm³/mol. The first-order valence-electron chi connectivity index (χ1n) is 10.9. The van der Waals surface area contributed by atoms with E-state index >= 15 is 0 Å². The number of alkyl carbamates (subject to hydrolysis) is 1. The summed E-state index contributed by atoms with van der Waals surface area (Å²) in [6.07, 6.45) is 5.19. The second kappa shape index (κ2) is 9.94. The third-order valence-corrected chi connectivity index (χ3v) is 5.47. The minimum Gasteiger partial charge on any atom is -0.444 e. The molecule has 1 aromatic heterocycles. The highest BCUT2D eigenvalue weighted by Gasteiger charge is 2.27. The Morgan fingerprint density at radius 1 is 1.19 bits per heavy atom. The first-order chi connectivity index (χ1) is 14.7. The van der Waals surface area contributed by atoms with E-state index in [0.717, 1.165) is 25.7 Å². The van der Waals surface area contributed by atoms with Crippen LogP contribution in [-0.2, 0) is 16.1 Å². The molecule has 0 saturated heterocycles. The Hall–Kier alpha value is -2.90. The van der Waals surface area contributed by atoms with E-state index in [9.17, 15) is 14.4 Å². The number of rotatable bonds is 6. The maximum atomic E-state index is 12.6. The molecular weight excluding hydrogens is 396 g/mol. The number of carbonyl (C=O) groups is 2. The van der Waals surface area contributed by atoms with Gasteiger partial charge in [0.05, 0.1) is 17.2 Å². The Morgan fingerprint density at radius 2 is 1.94 bits per heavy atom. The highest BCUT2D eigenvalue weighted by atomic mass is 16.6. The van der Waals surface area contributed by atoms with Crippen LogP contribution >= 0.6 is 0 Å². The van der Waals surface area contributed by atoms with E-state index in [1.807, 2.05) is 26.8 Å². The molecule has 1 fully saturated rings. The van der Waals surface area contributed by atoms with Gasteiger partial charge in [-0.1, -0.05) is 25.0 Å². The highest BCUT2D eigenvalue weighted by Crippen LogP contribution is 2.24. The molecule has 2 atom stereocenters. The number of benzene rings is 1. The van der Waals surface area contributed by atoms with E-state index in [0.29, 0.717) is 17.4 Å². The van der Waals surface area contributed by atoms with Crippen LogP contribution in [0.15, 0.2) is 35.4 Å². The number of hydrogen-bond acceptors (Lipinski definition) is 5. The third-order valence-electron chi connectivity index (χ3n) is 5.47. The molecule has 0 spiro atoms. The van der Waals surface area contributed by atoms with Crippen LogP contribution in [0, 0.1) is 5.92 Å². The number of amides is 2. The van der Waals surface area contributed by atoms with Crippen LogP contribution in [-0.4, -0.2) is 39.7 Å². The summed E-state index contributed by atoms with van der Waals surface area (Å²) in [5, 5.41) is 6.48. The average molecular weight is 429 g/mol. The third kappa shape index (κ3) is 6.54. The number of aromatic nitrogens is 2. The molecule has 0 bridgehead atoms. The van der Waals surface area contributed by atoms with Gasteiger partial charge in [-0.2, -0.15) is 0 Å². The van der Waals surface area contributed by atoms with Gasteiger partial charge in [0.25, 0.3) is 5.56 Å². The van der Waals surface area contributed by atoms with Gasteiger partial charge in [0, 0.05) is 25.6 Å². The Balaban J connectivity index is 1.53. The van der Waals surface area contributed by atoms with Crippen molar-refractivity contribution in [2.75, 3.05) is 6.54 Å². The molecule has 1 saturated carbocycles. The van der Waals surface area contributed by atoms with Crippen LogP contribution in [0.3, 0.4) is 0 Å². The maximum absolute atomic E-state index is 12.6. The van der Waals surface area contributed by atoms with Crippen molar-refractivity contribution in [3.05, 3.63) is 40.9 Å². The number of fused-ring (bicyclic) bond motifs is 1. The van der Waals surface area contributed by atoms with Gasteiger partial charge >= 0.3 is 6.09 Å². The van der Waals surface area contributed by atoms with Crippen molar-refractivity contribution in [2.45, 2.75) is 71.1 Å². The molecule has 3 rings (SSSR count). The van der Waals surface area contributed by atoms with Crippen molar-refractivity contribution < 1.29 is 14.3 Å². The fraction of sp³-hybridized carbons (Fsp3) is 0.565. The van der Waals surface area contributed by atoms with Crippen molar-refractivity contribution in [1.82, 2.24) is 20.2 Å². The van der Waals surface area contributed by atoms with Gasteiger partial charge in [-0.25, -0.2) is 9.78 Å². The molecule has 2 N–H and O–H groups in total. The van der Waals surface area contributed by atoms with Gasteiger partial charge in [0.15, 0.2) is 0 Å². The molecule has 1 aliphatic carbocycles. The van der Waals surface area contributed by atoms with E-state index in [4.69, 9.17) is 4.74 Å². The molecule has 0 unspecified atom stereocenters. The lowest BCUT2D eigenvalue weighted by atomic mass is 9.84. The standard InChI is InChI=1S/C23H32N4O4/c1-23(2,3)31-22(30)24-14-16-8-4-6-10-18(16)26-20(28)12-13-27-15-25-19-11-7-5-9-17(19)21(27)29/h5,7,9,11,15-16,18H,4,6,8,10,12-14H2,1-3H3,(H,24,30)(H,26,28)/t16-,18+/m1/s1. The second-order valence-electron chi connectivity index (χ2n) is 9.11. The van der Waals surface area contributed by atoms with Crippen molar-refractivity contribution in [1.29, 1.82) is 0 Å². The van der Waals surface area contributed by atoms with E-state index in [1.54, 1.807) is 18.2 Å². The summed E-state index contributed by atoms with van der Waals surface area (Å²) in [5.41, 5.74) is -0.0359. The molecule has 2 amide bonds. The van der Waals surface area contributed by atoms with Crippen LogP contribution in [0.5, 0.6) is 0 Å². The molecule has 0 aliphatic heterocycles.